The standard InChI is InChI=1S/C12H22N2O3S.ClH/c1-14(11-5-6-18(16,17)8-11)12(15)9-3-2-4-10(13)7-9;/h9-11H,2-8,13H2,1H3;1H. The number of rotatable bonds is 2. The van der Waals surface area contributed by atoms with Gasteiger partial charge in [0.25, 0.3) is 0 Å². The summed E-state index contributed by atoms with van der Waals surface area (Å²) in [6, 6.07) is -0.0194. The molecule has 112 valence electrons. The molecule has 2 rings (SSSR count). The van der Waals surface area contributed by atoms with Gasteiger partial charge in [0, 0.05) is 25.0 Å². The molecule has 3 unspecified atom stereocenters. The van der Waals surface area contributed by atoms with Crippen LogP contribution in [0.3, 0.4) is 0 Å². The zero-order valence-corrected chi connectivity index (χ0v) is 12.9. The fraction of sp³-hybridized carbons (Fsp3) is 0.917. The highest BCUT2D eigenvalue weighted by Gasteiger charge is 2.36. The third-order valence-corrected chi connectivity index (χ3v) is 5.92. The Labute approximate surface area is 121 Å². The van der Waals surface area contributed by atoms with Crippen LogP contribution in [0, 0.1) is 5.92 Å². The molecular weight excluding hydrogens is 288 g/mol. The van der Waals surface area contributed by atoms with Crippen LogP contribution in [0.15, 0.2) is 0 Å². The number of nitrogens with zero attached hydrogens (tertiary/aromatic N) is 1. The molecule has 0 aromatic rings. The number of hydrogen-bond acceptors (Lipinski definition) is 4. The summed E-state index contributed by atoms with van der Waals surface area (Å²) in [5, 5.41) is 0. The lowest BCUT2D eigenvalue weighted by Crippen LogP contribution is -2.44. The Hall–Kier alpha value is -0.330. The third-order valence-electron chi connectivity index (χ3n) is 4.17. The van der Waals surface area contributed by atoms with Crippen molar-refractivity contribution in [3.63, 3.8) is 0 Å². The lowest BCUT2D eigenvalue weighted by Gasteiger charge is -2.32. The van der Waals surface area contributed by atoms with Gasteiger partial charge in [-0.05, 0) is 25.7 Å². The molecule has 2 fully saturated rings. The smallest absolute Gasteiger partial charge is 0.225 e. The van der Waals surface area contributed by atoms with E-state index in [4.69, 9.17) is 5.73 Å². The van der Waals surface area contributed by atoms with E-state index in [0.717, 1.165) is 25.7 Å². The molecule has 0 bridgehead atoms. The van der Waals surface area contributed by atoms with Crippen molar-refractivity contribution >= 4 is 28.2 Å². The number of carbonyl (C=O) groups is 1. The van der Waals surface area contributed by atoms with Crippen molar-refractivity contribution < 1.29 is 13.2 Å². The Morgan fingerprint density at radius 3 is 2.47 bits per heavy atom. The molecule has 5 nitrogen and oxygen atoms in total. The van der Waals surface area contributed by atoms with Gasteiger partial charge in [-0.15, -0.1) is 12.4 Å². The first kappa shape index (κ1) is 16.7. The predicted octanol–water partition coefficient (Wildman–Crippen LogP) is 0.571. The first-order valence-corrected chi connectivity index (χ1v) is 8.44. The van der Waals surface area contributed by atoms with Gasteiger partial charge >= 0.3 is 0 Å². The summed E-state index contributed by atoms with van der Waals surface area (Å²) in [4.78, 5) is 14.0. The van der Waals surface area contributed by atoms with Gasteiger partial charge in [-0.2, -0.15) is 0 Å². The van der Waals surface area contributed by atoms with Gasteiger partial charge in [-0.1, -0.05) is 6.42 Å². The average molecular weight is 311 g/mol. The highest BCUT2D eigenvalue weighted by atomic mass is 35.5. The number of nitrogens with two attached hydrogens (primary N) is 1. The fourth-order valence-corrected chi connectivity index (χ4v) is 4.78. The molecule has 1 aliphatic carbocycles. The van der Waals surface area contributed by atoms with E-state index < -0.39 is 9.84 Å². The predicted molar refractivity (Wildman–Crippen MR) is 77.0 cm³/mol. The quantitative estimate of drug-likeness (QED) is 0.808. The normalized spacial score (nSPS) is 33.5. The van der Waals surface area contributed by atoms with Crippen LogP contribution < -0.4 is 5.73 Å². The second kappa shape index (κ2) is 6.41. The molecular formula is C12H23ClN2O3S. The Morgan fingerprint density at radius 1 is 1.26 bits per heavy atom. The summed E-state index contributed by atoms with van der Waals surface area (Å²) in [6.45, 7) is 0. The van der Waals surface area contributed by atoms with E-state index in [9.17, 15) is 13.2 Å². The van der Waals surface area contributed by atoms with E-state index >= 15 is 0 Å². The van der Waals surface area contributed by atoms with Crippen LogP contribution in [0.25, 0.3) is 0 Å². The molecule has 1 heterocycles. The summed E-state index contributed by atoms with van der Waals surface area (Å²) in [6.07, 6.45) is 4.18. The summed E-state index contributed by atoms with van der Waals surface area (Å²) in [7, 11) is -1.20. The van der Waals surface area contributed by atoms with E-state index in [1.54, 1.807) is 11.9 Å². The van der Waals surface area contributed by atoms with Gasteiger partial charge in [0.2, 0.25) is 5.91 Å². The van der Waals surface area contributed by atoms with Crippen LogP contribution in [0.4, 0.5) is 0 Å². The van der Waals surface area contributed by atoms with Crippen LogP contribution in [-0.4, -0.2) is 49.9 Å². The van der Waals surface area contributed by atoms with Gasteiger partial charge in [0.15, 0.2) is 9.84 Å². The minimum absolute atomic E-state index is 0. The molecule has 0 aromatic carbocycles. The molecule has 2 aliphatic rings. The molecule has 19 heavy (non-hydrogen) atoms. The molecule has 1 amide bonds. The molecule has 2 N–H and O–H groups in total. The van der Waals surface area contributed by atoms with Crippen LogP contribution in [0.5, 0.6) is 0 Å². The van der Waals surface area contributed by atoms with Crippen molar-refractivity contribution in [1.82, 2.24) is 4.90 Å². The second-order valence-corrected chi connectivity index (χ2v) is 7.86. The van der Waals surface area contributed by atoms with Gasteiger partial charge in [0.05, 0.1) is 11.5 Å². The van der Waals surface area contributed by atoms with Gasteiger partial charge in [-0.25, -0.2) is 8.42 Å². The Morgan fingerprint density at radius 2 is 1.95 bits per heavy atom. The minimum Gasteiger partial charge on any atom is -0.341 e. The first-order valence-electron chi connectivity index (χ1n) is 6.62. The summed E-state index contributed by atoms with van der Waals surface area (Å²) < 4.78 is 22.9. The zero-order valence-electron chi connectivity index (χ0n) is 11.2. The topological polar surface area (TPSA) is 80.5 Å². The monoisotopic (exact) mass is 310 g/mol. The number of halogens is 1. The maximum absolute atomic E-state index is 12.3. The summed E-state index contributed by atoms with van der Waals surface area (Å²) in [5.41, 5.74) is 5.89. The van der Waals surface area contributed by atoms with E-state index in [0.29, 0.717) is 6.42 Å². The lowest BCUT2D eigenvalue weighted by atomic mass is 9.85. The average Bonchev–Trinajstić information content (AvgIpc) is 2.68. The largest absolute Gasteiger partial charge is 0.341 e. The Kier molecular flexibility index (Phi) is 5.65. The third kappa shape index (κ3) is 4.07. The Bertz CT molecular complexity index is 427. The van der Waals surface area contributed by atoms with E-state index in [1.807, 2.05) is 0 Å². The molecule has 7 heteroatoms. The number of amides is 1. The maximum atomic E-state index is 12.3. The molecule has 1 aliphatic heterocycles. The fourth-order valence-electron chi connectivity index (χ4n) is 3.00. The lowest BCUT2D eigenvalue weighted by molar-refractivity contribution is -0.137. The highest BCUT2D eigenvalue weighted by Crippen LogP contribution is 2.26. The summed E-state index contributed by atoms with van der Waals surface area (Å²) >= 11 is 0. The van der Waals surface area contributed by atoms with Crippen molar-refractivity contribution in [1.29, 1.82) is 0 Å². The maximum Gasteiger partial charge on any atom is 0.225 e. The SMILES string of the molecule is CN(C(=O)C1CCCC(N)C1)C1CCS(=O)(=O)C1.Cl. The van der Waals surface area contributed by atoms with E-state index in [1.165, 1.54) is 0 Å². The van der Waals surface area contributed by atoms with Gasteiger partial charge < -0.3 is 10.6 Å². The number of hydrogen-bond donors (Lipinski definition) is 1. The molecule has 0 radical (unpaired) electrons. The molecule has 1 saturated carbocycles. The molecule has 0 aromatic heterocycles. The van der Waals surface area contributed by atoms with Gasteiger partial charge in [-0.3, -0.25) is 4.79 Å². The molecule has 1 saturated heterocycles. The van der Waals surface area contributed by atoms with Gasteiger partial charge in [0.1, 0.15) is 0 Å². The van der Waals surface area contributed by atoms with Crippen molar-refractivity contribution in [3.05, 3.63) is 0 Å². The molecule has 3 atom stereocenters. The number of sulfone groups is 1. The highest BCUT2D eigenvalue weighted by molar-refractivity contribution is 7.91. The Balaban J connectivity index is 0.00000180. The summed E-state index contributed by atoms with van der Waals surface area (Å²) in [5.74, 6) is 0.391. The van der Waals surface area contributed by atoms with Crippen LogP contribution in [0.2, 0.25) is 0 Å². The van der Waals surface area contributed by atoms with E-state index in [2.05, 4.69) is 0 Å². The van der Waals surface area contributed by atoms with Crippen molar-refractivity contribution in [2.75, 3.05) is 18.6 Å². The van der Waals surface area contributed by atoms with Crippen LogP contribution in [0.1, 0.15) is 32.1 Å². The second-order valence-electron chi connectivity index (χ2n) is 5.63. The van der Waals surface area contributed by atoms with Crippen molar-refractivity contribution in [3.8, 4) is 0 Å². The van der Waals surface area contributed by atoms with Crippen molar-refractivity contribution in [2.24, 2.45) is 11.7 Å². The number of carbonyl (C=O) groups excluding carboxylic acids is 1. The van der Waals surface area contributed by atoms with Crippen molar-refractivity contribution in [2.45, 2.75) is 44.2 Å². The van der Waals surface area contributed by atoms with Crippen LogP contribution in [-0.2, 0) is 14.6 Å². The van der Waals surface area contributed by atoms with E-state index in [-0.39, 0.29) is 47.8 Å². The minimum atomic E-state index is -2.93. The first-order chi connectivity index (χ1) is 8.39. The zero-order chi connectivity index (χ0) is 13.3. The molecule has 0 spiro atoms. The van der Waals surface area contributed by atoms with Crippen LogP contribution >= 0.6 is 12.4 Å².